The standard InChI is InChI=1S/C14H26N2O4S/c1-5-12(6-2)16(7-8-20-4)21(18,19)14-9-13(11-17)15(3)10-14/h9-10,12,17H,5-8,11H2,1-4H3. The lowest BCUT2D eigenvalue weighted by Crippen LogP contribution is -2.41. The van der Waals surface area contributed by atoms with Gasteiger partial charge in [0.15, 0.2) is 0 Å². The van der Waals surface area contributed by atoms with Crippen LogP contribution < -0.4 is 0 Å². The zero-order valence-corrected chi connectivity index (χ0v) is 14.1. The fraction of sp³-hybridized carbons (Fsp3) is 0.714. The number of rotatable bonds is 9. The van der Waals surface area contributed by atoms with Crippen molar-refractivity contribution in [3.8, 4) is 0 Å². The van der Waals surface area contributed by atoms with Crippen molar-refractivity contribution in [2.75, 3.05) is 20.3 Å². The quantitative estimate of drug-likeness (QED) is 0.746. The molecule has 0 atom stereocenters. The molecule has 0 aliphatic carbocycles. The Morgan fingerprint density at radius 3 is 2.43 bits per heavy atom. The SMILES string of the molecule is CCC(CC)N(CCOC)S(=O)(=O)c1cc(CO)n(C)c1. The summed E-state index contributed by atoms with van der Waals surface area (Å²) in [7, 11) is -0.304. The predicted octanol–water partition coefficient (Wildman–Crippen LogP) is 1.34. The minimum atomic E-state index is -3.59. The molecule has 7 heteroatoms. The molecule has 0 radical (unpaired) electrons. The highest BCUT2D eigenvalue weighted by atomic mass is 32.2. The lowest BCUT2D eigenvalue weighted by Gasteiger charge is -2.29. The van der Waals surface area contributed by atoms with Gasteiger partial charge in [0.1, 0.15) is 4.90 Å². The van der Waals surface area contributed by atoms with Gasteiger partial charge in [-0.15, -0.1) is 0 Å². The van der Waals surface area contributed by atoms with E-state index in [-0.39, 0.29) is 17.5 Å². The van der Waals surface area contributed by atoms with E-state index in [1.165, 1.54) is 10.4 Å². The number of methoxy groups -OCH3 is 1. The molecule has 0 amide bonds. The average Bonchev–Trinajstić information content (AvgIpc) is 2.85. The van der Waals surface area contributed by atoms with E-state index < -0.39 is 10.0 Å². The van der Waals surface area contributed by atoms with Crippen LogP contribution in [0.1, 0.15) is 32.4 Å². The molecule has 0 aliphatic rings. The molecule has 1 aromatic rings. The van der Waals surface area contributed by atoms with Gasteiger partial charge in [0.25, 0.3) is 0 Å². The number of hydrogen-bond acceptors (Lipinski definition) is 4. The molecule has 1 aromatic heterocycles. The Morgan fingerprint density at radius 2 is 2.00 bits per heavy atom. The number of sulfonamides is 1. The Balaban J connectivity index is 3.18. The molecule has 0 bridgehead atoms. The monoisotopic (exact) mass is 318 g/mol. The van der Waals surface area contributed by atoms with Gasteiger partial charge in [-0.25, -0.2) is 8.42 Å². The van der Waals surface area contributed by atoms with Crippen LogP contribution in [0, 0.1) is 0 Å². The molecule has 122 valence electrons. The predicted molar refractivity (Wildman–Crippen MR) is 81.5 cm³/mol. The summed E-state index contributed by atoms with van der Waals surface area (Å²) in [5, 5.41) is 9.23. The largest absolute Gasteiger partial charge is 0.390 e. The second kappa shape index (κ2) is 7.93. The lowest BCUT2D eigenvalue weighted by molar-refractivity contribution is 0.163. The summed E-state index contributed by atoms with van der Waals surface area (Å²) in [4.78, 5) is 0.219. The fourth-order valence-electron chi connectivity index (χ4n) is 2.39. The van der Waals surface area contributed by atoms with Crippen molar-refractivity contribution in [3.05, 3.63) is 18.0 Å². The third-order valence-corrected chi connectivity index (χ3v) is 5.63. The van der Waals surface area contributed by atoms with Crippen LogP contribution in [-0.4, -0.2) is 48.7 Å². The molecule has 1 heterocycles. The van der Waals surface area contributed by atoms with Crippen LogP contribution in [0.2, 0.25) is 0 Å². The fourth-order valence-corrected chi connectivity index (χ4v) is 4.24. The van der Waals surface area contributed by atoms with Crippen molar-refractivity contribution < 1.29 is 18.3 Å². The Kier molecular flexibility index (Phi) is 6.86. The molecule has 0 fully saturated rings. The summed E-state index contributed by atoms with van der Waals surface area (Å²) >= 11 is 0. The van der Waals surface area contributed by atoms with Crippen LogP contribution in [0.5, 0.6) is 0 Å². The highest BCUT2D eigenvalue weighted by Crippen LogP contribution is 2.23. The first-order valence-electron chi connectivity index (χ1n) is 7.19. The van der Waals surface area contributed by atoms with Gasteiger partial charge in [-0.2, -0.15) is 4.31 Å². The number of nitrogens with zero attached hydrogens (tertiary/aromatic N) is 2. The first-order valence-corrected chi connectivity index (χ1v) is 8.63. The maximum atomic E-state index is 12.9. The van der Waals surface area contributed by atoms with Gasteiger partial charge < -0.3 is 14.4 Å². The average molecular weight is 318 g/mol. The van der Waals surface area contributed by atoms with Crippen LogP contribution in [0.4, 0.5) is 0 Å². The summed E-state index contributed by atoms with van der Waals surface area (Å²) in [5.74, 6) is 0. The minimum absolute atomic E-state index is 0.0528. The second-order valence-corrected chi connectivity index (χ2v) is 6.91. The van der Waals surface area contributed by atoms with Gasteiger partial charge >= 0.3 is 0 Å². The summed E-state index contributed by atoms with van der Waals surface area (Å²) in [6.07, 6.45) is 3.04. The van der Waals surface area contributed by atoms with Gasteiger partial charge in [0.05, 0.1) is 13.2 Å². The van der Waals surface area contributed by atoms with E-state index in [1.54, 1.807) is 24.9 Å². The van der Waals surface area contributed by atoms with Gasteiger partial charge in [-0.1, -0.05) is 13.8 Å². The van der Waals surface area contributed by atoms with E-state index in [4.69, 9.17) is 4.74 Å². The third kappa shape index (κ3) is 4.06. The molecule has 0 saturated carbocycles. The number of aliphatic hydroxyl groups is 1. The highest BCUT2D eigenvalue weighted by molar-refractivity contribution is 7.89. The summed E-state index contributed by atoms with van der Waals surface area (Å²) in [5.41, 5.74) is 0.574. The normalized spacial score (nSPS) is 12.5. The van der Waals surface area contributed by atoms with Crippen molar-refractivity contribution in [2.24, 2.45) is 7.05 Å². The molecule has 0 aromatic carbocycles. The van der Waals surface area contributed by atoms with Crippen molar-refractivity contribution in [2.45, 2.75) is 44.2 Å². The van der Waals surface area contributed by atoms with Crippen LogP contribution >= 0.6 is 0 Å². The second-order valence-electron chi connectivity index (χ2n) is 5.02. The first kappa shape index (κ1) is 18.2. The first-order chi connectivity index (χ1) is 9.92. The summed E-state index contributed by atoms with van der Waals surface area (Å²) < 4.78 is 33.9. The molecule has 0 saturated heterocycles. The smallest absolute Gasteiger partial charge is 0.244 e. The highest BCUT2D eigenvalue weighted by Gasteiger charge is 2.30. The zero-order valence-electron chi connectivity index (χ0n) is 13.2. The molecular formula is C14H26N2O4S. The third-order valence-electron chi connectivity index (χ3n) is 3.72. The number of ether oxygens (including phenoxy) is 1. The van der Waals surface area contributed by atoms with E-state index in [0.717, 1.165) is 12.8 Å². The Labute approximate surface area is 127 Å². The van der Waals surface area contributed by atoms with Crippen molar-refractivity contribution in [1.82, 2.24) is 8.87 Å². The van der Waals surface area contributed by atoms with E-state index in [9.17, 15) is 13.5 Å². The number of hydrogen-bond donors (Lipinski definition) is 1. The van der Waals surface area contributed by atoms with Gasteiger partial charge in [-0.05, 0) is 18.9 Å². The molecule has 21 heavy (non-hydrogen) atoms. The zero-order chi connectivity index (χ0) is 16.0. The van der Waals surface area contributed by atoms with Crippen molar-refractivity contribution in [1.29, 1.82) is 0 Å². The van der Waals surface area contributed by atoms with E-state index in [0.29, 0.717) is 18.8 Å². The van der Waals surface area contributed by atoms with Crippen LogP contribution in [0.3, 0.4) is 0 Å². The summed E-state index contributed by atoms with van der Waals surface area (Å²) in [6, 6.07) is 1.47. The Bertz CT molecular complexity index is 535. The van der Waals surface area contributed by atoms with Gasteiger partial charge in [0.2, 0.25) is 10.0 Å². The van der Waals surface area contributed by atoms with Crippen molar-refractivity contribution >= 4 is 10.0 Å². The molecule has 0 spiro atoms. The Hall–Kier alpha value is -0.890. The van der Waals surface area contributed by atoms with Crippen LogP contribution in [0.25, 0.3) is 0 Å². The lowest BCUT2D eigenvalue weighted by atomic mass is 10.2. The van der Waals surface area contributed by atoms with Gasteiger partial charge in [-0.3, -0.25) is 0 Å². The molecular weight excluding hydrogens is 292 g/mol. The van der Waals surface area contributed by atoms with Crippen molar-refractivity contribution in [3.63, 3.8) is 0 Å². The van der Waals surface area contributed by atoms with E-state index >= 15 is 0 Å². The number of aliphatic hydroxyl groups excluding tert-OH is 1. The van der Waals surface area contributed by atoms with Crippen LogP contribution in [-0.2, 0) is 28.4 Å². The maximum absolute atomic E-state index is 12.9. The Morgan fingerprint density at radius 1 is 1.38 bits per heavy atom. The maximum Gasteiger partial charge on any atom is 0.244 e. The number of aryl methyl sites for hydroxylation is 1. The molecule has 0 aliphatic heterocycles. The van der Waals surface area contributed by atoms with E-state index in [2.05, 4.69) is 0 Å². The number of aromatic nitrogens is 1. The topological polar surface area (TPSA) is 71.8 Å². The summed E-state index contributed by atoms with van der Waals surface area (Å²) in [6.45, 7) is 4.46. The molecule has 6 nitrogen and oxygen atoms in total. The minimum Gasteiger partial charge on any atom is -0.390 e. The van der Waals surface area contributed by atoms with E-state index in [1.807, 2.05) is 13.8 Å². The molecule has 0 unspecified atom stereocenters. The van der Waals surface area contributed by atoms with Gasteiger partial charge in [0, 0.05) is 38.6 Å². The van der Waals surface area contributed by atoms with Crippen LogP contribution in [0.15, 0.2) is 17.2 Å². The molecule has 1 N–H and O–H groups in total. The molecule has 1 rings (SSSR count).